The van der Waals surface area contributed by atoms with Gasteiger partial charge in [-0.2, -0.15) is 5.10 Å². The van der Waals surface area contributed by atoms with Crippen molar-refractivity contribution in [3.8, 4) is 5.75 Å². The van der Waals surface area contributed by atoms with Gasteiger partial charge in [0, 0.05) is 10.2 Å². The van der Waals surface area contributed by atoms with E-state index in [1.165, 1.54) is 0 Å². The molecule has 0 fully saturated rings. The molecular weight excluding hydrogens is 376 g/mol. The van der Waals surface area contributed by atoms with Crippen LogP contribution in [0.15, 0.2) is 58.1 Å². The zero-order chi connectivity index (χ0) is 16.5. The lowest BCUT2D eigenvalue weighted by Gasteiger charge is -2.03. The summed E-state index contributed by atoms with van der Waals surface area (Å²) in [6.45, 7) is 0. The molecule has 23 heavy (non-hydrogen) atoms. The van der Waals surface area contributed by atoms with E-state index in [1.807, 2.05) is 48.5 Å². The second-order valence-electron chi connectivity index (χ2n) is 4.69. The van der Waals surface area contributed by atoms with Gasteiger partial charge in [0.05, 0.1) is 19.1 Å². The molecule has 0 atom stereocenters. The van der Waals surface area contributed by atoms with Gasteiger partial charge in [0.1, 0.15) is 5.75 Å². The number of hydrazone groups is 1. The fraction of sp³-hybridized carbons (Fsp3) is 0.176. The Morgan fingerprint density at radius 2 is 2.09 bits per heavy atom. The number of nitrogens with zero attached hydrogens (tertiary/aromatic N) is 1. The number of amides is 1. The number of carbonyl (C=O) groups is 1. The predicted octanol–water partition coefficient (Wildman–Crippen LogP) is 3.84. The van der Waals surface area contributed by atoms with Gasteiger partial charge in [0.15, 0.2) is 0 Å². The van der Waals surface area contributed by atoms with Gasteiger partial charge in [-0.25, -0.2) is 5.43 Å². The third-order valence-corrected chi connectivity index (χ3v) is 4.41. The van der Waals surface area contributed by atoms with Crippen molar-refractivity contribution in [3.05, 3.63) is 64.1 Å². The zero-order valence-corrected chi connectivity index (χ0v) is 15.1. The van der Waals surface area contributed by atoms with Crippen LogP contribution in [0.1, 0.15) is 11.1 Å². The van der Waals surface area contributed by atoms with Crippen molar-refractivity contribution in [2.24, 2.45) is 5.10 Å². The van der Waals surface area contributed by atoms with E-state index in [-0.39, 0.29) is 5.91 Å². The van der Waals surface area contributed by atoms with Crippen molar-refractivity contribution in [1.82, 2.24) is 5.43 Å². The molecule has 0 heterocycles. The number of nitrogens with one attached hydrogen (secondary N) is 1. The summed E-state index contributed by atoms with van der Waals surface area (Å²) in [6, 6.07) is 15.5. The maximum atomic E-state index is 11.7. The second-order valence-corrected chi connectivity index (χ2v) is 6.59. The van der Waals surface area contributed by atoms with Gasteiger partial charge in [-0.05, 0) is 35.4 Å². The highest BCUT2D eigenvalue weighted by Gasteiger charge is 2.01. The predicted molar refractivity (Wildman–Crippen MR) is 99.0 cm³/mol. The minimum absolute atomic E-state index is 0.116. The molecule has 0 spiro atoms. The first-order valence-corrected chi connectivity index (χ1v) is 8.90. The van der Waals surface area contributed by atoms with E-state index in [0.717, 1.165) is 27.1 Å². The minimum Gasteiger partial charge on any atom is -0.497 e. The smallest absolute Gasteiger partial charge is 0.250 e. The van der Waals surface area contributed by atoms with Crippen LogP contribution in [0, 0.1) is 0 Å². The molecule has 120 valence electrons. The molecule has 0 aromatic heterocycles. The Balaban J connectivity index is 1.70. The average Bonchev–Trinajstić information content (AvgIpc) is 2.55. The first-order valence-electron chi connectivity index (χ1n) is 6.95. The summed E-state index contributed by atoms with van der Waals surface area (Å²) in [4.78, 5) is 11.7. The molecule has 2 rings (SSSR count). The number of thioether (sulfide) groups is 1. The van der Waals surface area contributed by atoms with E-state index >= 15 is 0 Å². The fourth-order valence-electron chi connectivity index (χ4n) is 1.78. The molecule has 0 bridgehead atoms. The Bertz CT molecular complexity index is 675. The Hall–Kier alpha value is -1.79. The van der Waals surface area contributed by atoms with Crippen LogP contribution in [-0.4, -0.2) is 25.0 Å². The highest BCUT2D eigenvalue weighted by molar-refractivity contribution is 9.10. The number of hydrogen-bond donors (Lipinski definition) is 1. The standard InChI is InChI=1S/C17H17BrN2O2S/c1-22-16-7-5-13(6-8-16)11-23-12-17(21)20-19-10-14-3-2-4-15(18)9-14/h2-10H,11-12H2,1H3,(H,20,21)/b19-10-. The molecule has 0 aliphatic carbocycles. The van der Waals surface area contributed by atoms with Crippen LogP contribution in [-0.2, 0) is 10.5 Å². The lowest BCUT2D eigenvalue weighted by molar-refractivity contribution is -0.118. The van der Waals surface area contributed by atoms with Crippen LogP contribution >= 0.6 is 27.7 Å². The van der Waals surface area contributed by atoms with E-state index in [4.69, 9.17) is 4.74 Å². The number of methoxy groups -OCH3 is 1. The fourth-order valence-corrected chi connectivity index (χ4v) is 2.98. The molecule has 2 aromatic carbocycles. The summed E-state index contributed by atoms with van der Waals surface area (Å²) in [7, 11) is 1.64. The minimum atomic E-state index is -0.116. The molecule has 2 aromatic rings. The number of hydrogen-bond acceptors (Lipinski definition) is 4. The van der Waals surface area contributed by atoms with Gasteiger partial charge in [0.25, 0.3) is 0 Å². The summed E-state index contributed by atoms with van der Waals surface area (Å²) in [5, 5.41) is 3.96. The number of carbonyl (C=O) groups excluding carboxylic acids is 1. The molecule has 0 saturated carbocycles. The number of benzene rings is 2. The summed E-state index contributed by atoms with van der Waals surface area (Å²) < 4.78 is 6.09. The van der Waals surface area contributed by atoms with Crippen LogP contribution in [0.25, 0.3) is 0 Å². The lowest BCUT2D eigenvalue weighted by Crippen LogP contribution is -2.19. The van der Waals surface area contributed by atoms with E-state index in [1.54, 1.807) is 25.1 Å². The molecule has 4 nitrogen and oxygen atoms in total. The summed E-state index contributed by atoms with van der Waals surface area (Å²) in [5.41, 5.74) is 4.61. The largest absolute Gasteiger partial charge is 0.497 e. The van der Waals surface area contributed by atoms with Crippen molar-refractivity contribution in [1.29, 1.82) is 0 Å². The van der Waals surface area contributed by atoms with Crippen molar-refractivity contribution in [2.45, 2.75) is 5.75 Å². The first-order chi connectivity index (χ1) is 11.2. The summed E-state index contributed by atoms with van der Waals surface area (Å²) in [6.07, 6.45) is 1.62. The lowest BCUT2D eigenvalue weighted by atomic mass is 10.2. The average molecular weight is 393 g/mol. The van der Waals surface area contributed by atoms with Gasteiger partial charge in [-0.1, -0.05) is 40.2 Å². The zero-order valence-electron chi connectivity index (χ0n) is 12.7. The highest BCUT2D eigenvalue weighted by Crippen LogP contribution is 2.16. The quantitative estimate of drug-likeness (QED) is 0.575. The molecule has 1 amide bonds. The molecule has 6 heteroatoms. The molecule has 0 radical (unpaired) electrons. The maximum Gasteiger partial charge on any atom is 0.250 e. The van der Waals surface area contributed by atoms with Crippen molar-refractivity contribution < 1.29 is 9.53 Å². The van der Waals surface area contributed by atoms with Gasteiger partial charge in [-0.3, -0.25) is 4.79 Å². The third kappa shape index (κ3) is 6.46. The SMILES string of the molecule is COc1ccc(CSCC(=O)N/N=C\c2cccc(Br)c2)cc1. The Kier molecular flexibility index (Phi) is 7.16. The van der Waals surface area contributed by atoms with Crippen LogP contribution in [0.3, 0.4) is 0 Å². The van der Waals surface area contributed by atoms with Crippen molar-refractivity contribution in [3.63, 3.8) is 0 Å². The van der Waals surface area contributed by atoms with E-state index in [9.17, 15) is 4.79 Å². The Labute approximate surface area is 148 Å². The summed E-state index contributed by atoms with van der Waals surface area (Å²) >= 11 is 4.93. The van der Waals surface area contributed by atoms with Crippen LogP contribution in [0.5, 0.6) is 5.75 Å². The molecule has 1 N–H and O–H groups in total. The van der Waals surface area contributed by atoms with E-state index < -0.39 is 0 Å². The first kappa shape index (κ1) is 17.6. The molecule has 0 aliphatic rings. The second kappa shape index (κ2) is 9.37. The third-order valence-electron chi connectivity index (χ3n) is 2.91. The number of halogens is 1. The van der Waals surface area contributed by atoms with E-state index in [0.29, 0.717) is 5.75 Å². The monoisotopic (exact) mass is 392 g/mol. The molecular formula is C17H17BrN2O2S. The molecule has 0 saturated heterocycles. The van der Waals surface area contributed by atoms with Gasteiger partial charge in [-0.15, -0.1) is 11.8 Å². The summed E-state index contributed by atoms with van der Waals surface area (Å²) in [5.74, 6) is 1.85. The topological polar surface area (TPSA) is 50.7 Å². The van der Waals surface area contributed by atoms with E-state index in [2.05, 4.69) is 26.5 Å². The van der Waals surface area contributed by atoms with Gasteiger partial charge >= 0.3 is 0 Å². The van der Waals surface area contributed by atoms with Crippen molar-refractivity contribution >= 4 is 39.8 Å². The number of ether oxygens (including phenoxy) is 1. The van der Waals surface area contributed by atoms with Crippen LogP contribution in [0.2, 0.25) is 0 Å². The Morgan fingerprint density at radius 3 is 2.78 bits per heavy atom. The van der Waals surface area contributed by atoms with Gasteiger partial charge in [0.2, 0.25) is 5.91 Å². The maximum absolute atomic E-state index is 11.7. The van der Waals surface area contributed by atoms with Gasteiger partial charge < -0.3 is 4.74 Å². The highest BCUT2D eigenvalue weighted by atomic mass is 79.9. The Morgan fingerprint density at radius 1 is 1.30 bits per heavy atom. The molecule has 0 aliphatic heterocycles. The number of rotatable bonds is 7. The van der Waals surface area contributed by atoms with Crippen LogP contribution < -0.4 is 10.2 Å². The molecule has 0 unspecified atom stereocenters. The normalized spacial score (nSPS) is 10.7. The van der Waals surface area contributed by atoms with Crippen LogP contribution in [0.4, 0.5) is 0 Å². The van der Waals surface area contributed by atoms with Crippen molar-refractivity contribution in [2.75, 3.05) is 12.9 Å².